The van der Waals surface area contributed by atoms with Crippen LogP contribution < -0.4 is 0 Å². The van der Waals surface area contributed by atoms with Crippen LogP contribution in [0.1, 0.15) is 27.7 Å². The molecule has 0 aromatic carbocycles. The summed E-state index contributed by atoms with van der Waals surface area (Å²) in [6, 6.07) is 0. The van der Waals surface area contributed by atoms with Gasteiger partial charge >= 0.3 is 27.6 Å². The molecule has 0 aliphatic rings. The van der Waals surface area contributed by atoms with Crippen molar-refractivity contribution in [2.75, 3.05) is 79.3 Å². The molecule has 38 heavy (non-hydrogen) atoms. The Balaban J connectivity index is 4.02. The van der Waals surface area contributed by atoms with Crippen LogP contribution in [0.25, 0.3) is 0 Å². The van der Waals surface area contributed by atoms with Crippen LogP contribution in [0.2, 0.25) is 0 Å². The highest BCUT2D eigenvalue weighted by Crippen LogP contribution is 2.49. The SMILES string of the molecule is C=C(C)C(=O)OCCOP(=O)(OCC)OCCOCCOCCOP(=O)(OCC)OCCOC(=O)C(=C)C. The van der Waals surface area contributed by atoms with E-state index >= 15 is 0 Å². The summed E-state index contributed by atoms with van der Waals surface area (Å²) in [5.74, 6) is -1.17. The molecule has 0 aliphatic carbocycles. The van der Waals surface area contributed by atoms with Gasteiger partial charge in [0.15, 0.2) is 0 Å². The standard InChI is InChI=1S/C22H40O14P2/c1-7-31-37(25,35-17-13-29-21(23)19(3)4)33-15-11-27-9-10-28-12-16-34-38(26,32-8-2)36-18-14-30-22(24)20(5)6/h3,5,7-18H2,1-2,4,6H3. The number of carbonyl (C=O) groups is 2. The fourth-order valence-corrected chi connectivity index (χ4v) is 4.36. The van der Waals surface area contributed by atoms with Crippen molar-refractivity contribution in [3.05, 3.63) is 24.3 Å². The minimum Gasteiger partial charge on any atom is -0.460 e. The van der Waals surface area contributed by atoms with Crippen LogP contribution in [0.4, 0.5) is 0 Å². The monoisotopic (exact) mass is 590 g/mol. The highest BCUT2D eigenvalue weighted by molar-refractivity contribution is 7.48. The number of carbonyl (C=O) groups excluding carboxylic acids is 2. The van der Waals surface area contributed by atoms with E-state index in [-0.39, 0.29) is 90.4 Å². The first-order chi connectivity index (χ1) is 18.0. The third-order valence-corrected chi connectivity index (χ3v) is 6.87. The van der Waals surface area contributed by atoms with E-state index in [4.69, 9.17) is 46.1 Å². The summed E-state index contributed by atoms with van der Waals surface area (Å²) >= 11 is 0. The van der Waals surface area contributed by atoms with E-state index in [9.17, 15) is 18.7 Å². The topological polar surface area (TPSA) is 161 Å². The minimum atomic E-state index is -3.84. The molecule has 0 radical (unpaired) electrons. The summed E-state index contributed by atoms with van der Waals surface area (Å²) in [7, 11) is -7.67. The smallest absolute Gasteiger partial charge is 0.460 e. The number of hydrogen-bond donors (Lipinski definition) is 0. The molecule has 0 spiro atoms. The molecule has 0 aliphatic heterocycles. The second kappa shape index (κ2) is 21.4. The van der Waals surface area contributed by atoms with Crippen molar-refractivity contribution >= 4 is 27.6 Å². The Kier molecular flexibility index (Phi) is 20.6. The maximum atomic E-state index is 12.5. The number of phosphoric ester groups is 2. The molecule has 0 bridgehead atoms. The Morgan fingerprint density at radius 2 is 0.816 bits per heavy atom. The van der Waals surface area contributed by atoms with Gasteiger partial charge in [-0.25, -0.2) is 18.7 Å². The highest BCUT2D eigenvalue weighted by Gasteiger charge is 2.27. The first-order valence-electron chi connectivity index (χ1n) is 11.9. The minimum absolute atomic E-state index is 0.0776. The summed E-state index contributed by atoms with van der Waals surface area (Å²) in [5.41, 5.74) is 0.469. The molecule has 0 saturated heterocycles. The van der Waals surface area contributed by atoms with Crippen LogP contribution >= 0.6 is 15.6 Å². The van der Waals surface area contributed by atoms with E-state index < -0.39 is 27.6 Å². The normalized spacial score (nSPS) is 14.3. The van der Waals surface area contributed by atoms with Crippen LogP contribution in [0.3, 0.4) is 0 Å². The van der Waals surface area contributed by atoms with Gasteiger partial charge in [0.25, 0.3) is 0 Å². The van der Waals surface area contributed by atoms with Crippen molar-refractivity contribution in [3.8, 4) is 0 Å². The van der Waals surface area contributed by atoms with E-state index in [0.717, 1.165) is 0 Å². The van der Waals surface area contributed by atoms with E-state index in [0.29, 0.717) is 0 Å². The lowest BCUT2D eigenvalue weighted by atomic mass is 10.4. The van der Waals surface area contributed by atoms with Crippen molar-refractivity contribution < 1.29 is 64.8 Å². The van der Waals surface area contributed by atoms with Gasteiger partial charge in [-0.2, -0.15) is 0 Å². The van der Waals surface area contributed by atoms with Gasteiger partial charge < -0.3 is 18.9 Å². The lowest BCUT2D eigenvalue weighted by Gasteiger charge is -2.17. The van der Waals surface area contributed by atoms with Gasteiger partial charge in [-0.1, -0.05) is 13.2 Å². The zero-order valence-electron chi connectivity index (χ0n) is 22.5. The van der Waals surface area contributed by atoms with Gasteiger partial charge in [-0.05, 0) is 27.7 Å². The summed E-state index contributed by atoms with van der Waals surface area (Å²) < 4.78 is 76.0. The molecule has 0 amide bonds. The number of phosphoric acid groups is 2. The van der Waals surface area contributed by atoms with Gasteiger partial charge in [-0.15, -0.1) is 0 Å². The van der Waals surface area contributed by atoms with E-state index in [1.165, 1.54) is 13.8 Å². The maximum absolute atomic E-state index is 12.5. The number of rotatable bonds is 25. The van der Waals surface area contributed by atoms with E-state index in [1.807, 2.05) is 0 Å². The molecule has 14 nitrogen and oxygen atoms in total. The van der Waals surface area contributed by atoms with Crippen molar-refractivity contribution in [2.24, 2.45) is 0 Å². The van der Waals surface area contributed by atoms with Crippen molar-refractivity contribution in [1.29, 1.82) is 0 Å². The van der Waals surface area contributed by atoms with Crippen molar-refractivity contribution in [2.45, 2.75) is 27.7 Å². The Morgan fingerprint density at radius 3 is 1.11 bits per heavy atom. The molecular weight excluding hydrogens is 550 g/mol. The summed E-state index contributed by atoms with van der Waals surface area (Å²) in [6.45, 7) is 13.1. The van der Waals surface area contributed by atoms with Crippen LogP contribution in [-0.4, -0.2) is 91.2 Å². The molecule has 222 valence electrons. The van der Waals surface area contributed by atoms with Crippen molar-refractivity contribution in [3.63, 3.8) is 0 Å². The van der Waals surface area contributed by atoms with Crippen LogP contribution in [0, 0.1) is 0 Å². The summed E-state index contributed by atoms with van der Waals surface area (Å²) in [4.78, 5) is 22.6. The molecule has 0 rings (SSSR count). The van der Waals surface area contributed by atoms with Crippen LogP contribution in [-0.2, 0) is 64.8 Å². The maximum Gasteiger partial charge on any atom is 0.474 e. The molecule has 0 heterocycles. The number of esters is 2. The lowest BCUT2D eigenvalue weighted by molar-refractivity contribution is -0.140. The number of ether oxygens (including phenoxy) is 4. The second-order valence-corrected chi connectivity index (χ2v) is 10.5. The zero-order valence-corrected chi connectivity index (χ0v) is 24.3. The quantitative estimate of drug-likeness (QED) is 0.0656. The molecule has 0 aromatic heterocycles. The predicted molar refractivity (Wildman–Crippen MR) is 135 cm³/mol. The Bertz CT molecular complexity index is 750. The molecule has 2 unspecified atom stereocenters. The first-order valence-corrected chi connectivity index (χ1v) is 14.8. The third-order valence-electron chi connectivity index (χ3n) is 3.73. The molecule has 0 fully saturated rings. The molecule has 2 atom stereocenters. The van der Waals surface area contributed by atoms with Gasteiger partial charge in [0.1, 0.15) is 13.2 Å². The molecule has 16 heteroatoms. The molecule has 0 N–H and O–H groups in total. The van der Waals surface area contributed by atoms with E-state index in [2.05, 4.69) is 13.2 Å². The third kappa shape index (κ3) is 18.8. The van der Waals surface area contributed by atoms with Gasteiger partial charge in [0.05, 0.1) is 66.1 Å². The average Bonchev–Trinajstić information content (AvgIpc) is 2.85. The fraction of sp³-hybridized carbons (Fsp3) is 0.727. The Labute approximate surface area is 224 Å². The van der Waals surface area contributed by atoms with Crippen LogP contribution in [0.15, 0.2) is 24.3 Å². The second-order valence-electron chi connectivity index (χ2n) is 7.12. The lowest BCUT2D eigenvalue weighted by Crippen LogP contribution is -2.14. The molecular formula is C22H40O14P2. The Hall–Kier alpha value is -1.44. The van der Waals surface area contributed by atoms with E-state index in [1.54, 1.807) is 13.8 Å². The molecule has 0 saturated carbocycles. The van der Waals surface area contributed by atoms with Gasteiger partial charge in [0.2, 0.25) is 0 Å². The molecule has 0 aromatic rings. The van der Waals surface area contributed by atoms with Crippen LogP contribution in [0.5, 0.6) is 0 Å². The number of hydrogen-bond acceptors (Lipinski definition) is 14. The Morgan fingerprint density at radius 1 is 0.526 bits per heavy atom. The first kappa shape index (κ1) is 36.6. The van der Waals surface area contributed by atoms with Gasteiger partial charge in [0, 0.05) is 11.1 Å². The average molecular weight is 590 g/mol. The van der Waals surface area contributed by atoms with Crippen molar-refractivity contribution in [1.82, 2.24) is 0 Å². The largest absolute Gasteiger partial charge is 0.474 e. The van der Waals surface area contributed by atoms with Gasteiger partial charge in [-0.3, -0.25) is 27.1 Å². The predicted octanol–water partition coefficient (Wildman–Crippen LogP) is 3.61. The highest BCUT2D eigenvalue weighted by atomic mass is 31.2. The fourth-order valence-electron chi connectivity index (χ4n) is 2.09. The summed E-state index contributed by atoms with van der Waals surface area (Å²) in [5, 5.41) is 0. The summed E-state index contributed by atoms with van der Waals surface area (Å²) in [6.07, 6.45) is 0. The zero-order chi connectivity index (χ0) is 28.9.